The van der Waals surface area contributed by atoms with Crippen molar-refractivity contribution in [3.8, 4) is 0 Å². The number of hydrogen-bond acceptors (Lipinski definition) is 5. The highest BCUT2D eigenvalue weighted by Gasteiger charge is 2.36. The molecule has 3 aliphatic rings. The fourth-order valence-electron chi connectivity index (χ4n) is 5.32. The quantitative estimate of drug-likeness (QED) is 0.385. The molecule has 1 aromatic heterocycles. The van der Waals surface area contributed by atoms with Crippen molar-refractivity contribution in [1.29, 1.82) is 0 Å². The standard InChI is InChI=1S/C26H22ClN3O2S3/c27-18-8-9-23-21(11-18)30(20-4-1-2-6-22(20)35-23)25(32)15-34-26(33)28-12-16-10-17(14-28)19-5-3-7-24(31)29(19)13-16/h1-9,11,16-17H,10,12-15H2/t16-,17+/m1/s1. The first-order valence-electron chi connectivity index (χ1n) is 11.5. The highest BCUT2D eigenvalue weighted by atomic mass is 35.5. The van der Waals surface area contributed by atoms with Crippen LogP contribution in [0.2, 0.25) is 5.02 Å². The molecule has 1 amide bonds. The molecule has 0 aliphatic carbocycles. The van der Waals surface area contributed by atoms with Crippen molar-refractivity contribution in [3.05, 3.63) is 81.7 Å². The maximum atomic E-state index is 13.6. The number of thiocarbonyl (C=S) groups is 1. The Balaban J connectivity index is 1.19. The molecular weight excluding hydrogens is 518 g/mol. The van der Waals surface area contributed by atoms with Crippen LogP contribution in [0.3, 0.4) is 0 Å². The van der Waals surface area contributed by atoms with Crippen LogP contribution in [0.5, 0.6) is 0 Å². The predicted molar refractivity (Wildman–Crippen MR) is 147 cm³/mol. The number of hydrogen-bond donors (Lipinski definition) is 0. The summed E-state index contributed by atoms with van der Waals surface area (Å²) in [4.78, 5) is 31.9. The number of fused-ring (bicyclic) bond motifs is 6. The first-order valence-corrected chi connectivity index (χ1v) is 14.1. The predicted octanol–water partition coefficient (Wildman–Crippen LogP) is 5.77. The number of anilines is 2. The van der Waals surface area contributed by atoms with Gasteiger partial charge in [-0.15, -0.1) is 0 Å². The van der Waals surface area contributed by atoms with Gasteiger partial charge in [0.15, 0.2) is 0 Å². The van der Waals surface area contributed by atoms with E-state index in [1.54, 1.807) is 22.7 Å². The molecule has 1 fully saturated rings. The van der Waals surface area contributed by atoms with Crippen LogP contribution >= 0.6 is 47.3 Å². The normalized spacial score (nSPS) is 20.0. The monoisotopic (exact) mass is 539 g/mol. The fraction of sp³-hybridized carbons (Fsp3) is 0.269. The van der Waals surface area contributed by atoms with Crippen molar-refractivity contribution in [1.82, 2.24) is 9.47 Å². The third-order valence-corrected chi connectivity index (χ3v) is 9.67. The molecule has 178 valence electrons. The first-order chi connectivity index (χ1) is 17.0. The summed E-state index contributed by atoms with van der Waals surface area (Å²) in [6, 6.07) is 19.1. The zero-order valence-electron chi connectivity index (χ0n) is 18.7. The van der Waals surface area contributed by atoms with Gasteiger partial charge in [-0.25, -0.2) is 0 Å². The molecule has 0 spiro atoms. The van der Waals surface area contributed by atoms with Crippen molar-refractivity contribution in [2.24, 2.45) is 5.92 Å². The van der Waals surface area contributed by atoms with E-state index >= 15 is 0 Å². The lowest BCUT2D eigenvalue weighted by Crippen LogP contribution is -2.48. The minimum Gasteiger partial charge on any atom is -0.356 e. The van der Waals surface area contributed by atoms with Gasteiger partial charge in [-0.1, -0.05) is 65.5 Å². The molecular formula is C26H22ClN3O2S3. The summed E-state index contributed by atoms with van der Waals surface area (Å²) < 4.78 is 2.66. The number of nitrogens with zero attached hydrogens (tertiary/aromatic N) is 3. The fourth-order valence-corrected chi connectivity index (χ4v) is 7.56. The van der Waals surface area contributed by atoms with Gasteiger partial charge in [0, 0.05) is 52.1 Å². The number of benzene rings is 2. The van der Waals surface area contributed by atoms with E-state index in [1.807, 2.05) is 53.1 Å². The van der Waals surface area contributed by atoms with Crippen molar-refractivity contribution >= 4 is 68.9 Å². The summed E-state index contributed by atoms with van der Waals surface area (Å²) >= 11 is 15.2. The molecule has 9 heteroatoms. The lowest BCUT2D eigenvalue weighted by atomic mass is 9.83. The summed E-state index contributed by atoms with van der Waals surface area (Å²) in [5.74, 6) is 0.884. The molecule has 2 atom stereocenters. The van der Waals surface area contributed by atoms with Crippen LogP contribution in [0, 0.1) is 5.92 Å². The molecule has 0 saturated carbocycles. The Morgan fingerprint density at radius 2 is 1.86 bits per heavy atom. The number of halogens is 1. The van der Waals surface area contributed by atoms with Crippen LogP contribution in [-0.4, -0.2) is 38.5 Å². The van der Waals surface area contributed by atoms with Gasteiger partial charge in [0.1, 0.15) is 4.32 Å². The van der Waals surface area contributed by atoms with Crippen LogP contribution < -0.4 is 10.5 Å². The van der Waals surface area contributed by atoms with E-state index in [0.29, 0.717) is 10.9 Å². The topological polar surface area (TPSA) is 45.6 Å². The summed E-state index contributed by atoms with van der Waals surface area (Å²) in [6.45, 7) is 2.33. The van der Waals surface area contributed by atoms with Gasteiger partial charge in [-0.2, -0.15) is 0 Å². The maximum absolute atomic E-state index is 13.6. The molecule has 35 heavy (non-hydrogen) atoms. The van der Waals surface area contributed by atoms with Gasteiger partial charge in [-0.3, -0.25) is 14.5 Å². The zero-order valence-corrected chi connectivity index (χ0v) is 21.9. The second-order valence-corrected chi connectivity index (χ2v) is 12.2. The molecule has 2 aromatic carbocycles. The number of amides is 1. The molecule has 1 saturated heterocycles. The highest BCUT2D eigenvalue weighted by molar-refractivity contribution is 8.23. The summed E-state index contributed by atoms with van der Waals surface area (Å²) in [5.41, 5.74) is 2.86. The number of para-hydroxylation sites is 1. The lowest BCUT2D eigenvalue weighted by molar-refractivity contribution is -0.115. The lowest BCUT2D eigenvalue weighted by Gasteiger charge is -2.43. The van der Waals surface area contributed by atoms with Gasteiger partial charge < -0.3 is 9.47 Å². The molecule has 0 radical (unpaired) electrons. The van der Waals surface area contributed by atoms with Crippen LogP contribution in [-0.2, 0) is 11.3 Å². The third kappa shape index (κ3) is 4.31. The maximum Gasteiger partial charge on any atom is 0.250 e. The van der Waals surface area contributed by atoms with Crippen molar-refractivity contribution < 1.29 is 4.79 Å². The van der Waals surface area contributed by atoms with Crippen molar-refractivity contribution in [2.75, 3.05) is 23.7 Å². The van der Waals surface area contributed by atoms with Crippen LogP contribution in [0.1, 0.15) is 18.0 Å². The van der Waals surface area contributed by atoms with Crippen molar-refractivity contribution in [2.45, 2.75) is 28.7 Å². The van der Waals surface area contributed by atoms with Crippen LogP contribution in [0.25, 0.3) is 0 Å². The Hall–Kier alpha value is -2.26. The number of pyridine rings is 1. The average molecular weight is 540 g/mol. The van der Waals surface area contributed by atoms with Crippen LogP contribution in [0.15, 0.2) is 75.2 Å². The van der Waals surface area contributed by atoms with E-state index in [0.717, 1.165) is 57.2 Å². The van der Waals surface area contributed by atoms with E-state index < -0.39 is 0 Å². The van der Waals surface area contributed by atoms with Crippen LogP contribution in [0.4, 0.5) is 11.4 Å². The summed E-state index contributed by atoms with van der Waals surface area (Å²) in [6.07, 6.45) is 1.08. The number of likely N-dealkylation sites (tertiary alicyclic amines) is 1. The number of piperidine rings is 1. The molecule has 0 unspecified atom stereocenters. The Bertz CT molecular complexity index is 1410. The molecule has 6 rings (SSSR count). The second-order valence-electron chi connectivity index (χ2n) is 9.07. The highest BCUT2D eigenvalue weighted by Crippen LogP contribution is 2.49. The Kier molecular flexibility index (Phi) is 6.16. The minimum atomic E-state index is -0.0253. The SMILES string of the molecule is O=C(CSC(=S)N1C[C@H]2C[C@@H](C1)c1cccc(=O)n1C2)N1c2ccccc2Sc2ccc(Cl)cc21. The van der Waals surface area contributed by atoms with E-state index in [9.17, 15) is 9.59 Å². The average Bonchev–Trinajstić information content (AvgIpc) is 2.86. The molecule has 2 bridgehead atoms. The number of aromatic nitrogens is 1. The summed E-state index contributed by atoms with van der Waals surface area (Å²) in [5, 5.41) is 0.601. The second kappa shape index (κ2) is 9.32. The first kappa shape index (κ1) is 23.2. The number of carbonyl (C=O) groups is 1. The third-order valence-electron chi connectivity index (χ3n) is 6.79. The van der Waals surface area contributed by atoms with Gasteiger partial charge in [0.2, 0.25) is 5.91 Å². The number of carbonyl (C=O) groups excluding carboxylic acids is 1. The van der Waals surface area contributed by atoms with Crippen molar-refractivity contribution in [3.63, 3.8) is 0 Å². The molecule has 0 N–H and O–H groups in total. The van der Waals surface area contributed by atoms with Gasteiger partial charge in [0.05, 0.1) is 17.1 Å². The smallest absolute Gasteiger partial charge is 0.250 e. The molecule has 4 heterocycles. The largest absolute Gasteiger partial charge is 0.356 e. The zero-order chi connectivity index (χ0) is 24.1. The Morgan fingerprint density at radius 1 is 1.03 bits per heavy atom. The van der Waals surface area contributed by atoms with Gasteiger partial charge in [0.25, 0.3) is 5.56 Å². The van der Waals surface area contributed by atoms with Gasteiger partial charge >= 0.3 is 0 Å². The number of rotatable bonds is 2. The summed E-state index contributed by atoms with van der Waals surface area (Å²) in [7, 11) is 0. The molecule has 5 nitrogen and oxygen atoms in total. The van der Waals surface area contributed by atoms with E-state index in [1.165, 1.54) is 11.8 Å². The number of thioether (sulfide) groups is 1. The minimum absolute atomic E-state index is 0.0253. The van der Waals surface area contributed by atoms with E-state index in [4.69, 9.17) is 23.8 Å². The molecule has 3 aliphatic heterocycles. The Labute approximate surface area is 222 Å². The van der Waals surface area contributed by atoms with E-state index in [2.05, 4.69) is 11.0 Å². The van der Waals surface area contributed by atoms with E-state index in [-0.39, 0.29) is 23.1 Å². The van der Waals surface area contributed by atoms with Gasteiger partial charge in [-0.05, 0) is 48.7 Å². The molecule has 3 aromatic rings. The Morgan fingerprint density at radius 3 is 2.74 bits per heavy atom.